The lowest BCUT2D eigenvalue weighted by atomic mass is 10.3. The normalized spacial score (nSPS) is 16.0. The third-order valence-corrected chi connectivity index (χ3v) is 6.39. The summed E-state index contributed by atoms with van der Waals surface area (Å²) < 4.78 is 9.94. The van der Waals surface area contributed by atoms with Crippen molar-refractivity contribution in [3.63, 3.8) is 0 Å². The minimum absolute atomic E-state index is 0.0206. The summed E-state index contributed by atoms with van der Waals surface area (Å²) in [6.07, 6.45) is 0. The number of aliphatic carboxylic acids is 2. The van der Waals surface area contributed by atoms with E-state index in [-0.39, 0.29) is 75.4 Å². The van der Waals surface area contributed by atoms with E-state index in [4.69, 9.17) is 9.47 Å². The molecule has 0 spiro atoms. The molecule has 1 rings (SSSR count). The molecule has 2 amide bonds. The van der Waals surface area contributed by atoms with Crippen LogP contribution in [-0.2, 0) is 38.2 Å². The number of carboxylic acids is 2. The molecule has 1 aliphatic heterocycles. The van der Waals surface area contributed by atoms with Crippen LogP contribution in [0.15, 0.2) is 24.3 Å². The van der Waals surface area contributed by atoms with Gasteiger partial charge in [-0.1, -0.05) is 13.2 Å². The van der Waals surface area contributed by atoms with Gasteiger partial charge in [-0.3, -0.25) is 38.8 Å². The van der Waals surface area contributed by atoms with Crippen LogP contribution >= 0.6 is 0 Å². The number of esters is 2. The second-order valence-corrected chi connectivity index (χ2v) is 10.4. The highest BCUT2D eigenvalue weighted by atomic mass is 16.5. The van der Waals surface area contributed by atoms with Crippen molar-refractivity contribution in [3.8, 4) is 0 Å². The van der Waals surface area contributed by atoms with E-state index in [9.17, 15) is 39.0 Å². The van der Waals surface area contributed by atoms with E-state index in [1.807, 2.05) is 9.80 Å². The van der Waals surface area contributed by atoms with Crippen molar-refractivity contribution >= 4 is 35.7 Å². The van der Waals surface area contributed by atoms with Crippen LogP contribution in [0, 0.1) is 0 Å². The van der Waals surface area contributed by atoms with Crippen LogP contribution in [0.2, 0.25) is 0 Å². The first-order valence-corrected chi connectivity index (χ1v) is 14.3. The first kappa shape index (κ1) is 38.2. The van der Waals surface area contributed by atoms with Gasteiger partial charge in [-0.25, -0.2) is 9.59 Å². The molecule has 0 saturated carbocycles. The van der Waals surface area contributed by atoms with Gasteiger partial charge in [0.05, 0.1) is 39.3 Å². The predicted octanol–water partition coefficient (Wildman–Crippen LogP) is -2.15. The summed E-state index contributed by atoms with van der Waals surface area (Å²) in [5, 5.41) is 24.2. The molecule has 0 unspecified atom stereocenters. The number of carboxylic acid groups (broad SMARTS) is 2. The van der Waals surface area contributed by atoms with E-state index in [1.165, 1.54) is 13.8 Å². The highest BCUT2D eigenvalue weighted by Crippen LogP contribution is 2.02. The predicted molar refractivity (Wildman–Crippen MR) is 159 cm³/mol. The molecule has 1 heterocycles. The molecule has 16 heteroatoms. The van der Waals surface area contributed by atoms with Gasteiger partial charge in [0.2, 0.25) is 11.8 Å². The van der Waals surface area contributed by atoms with E-state index in [0.29, 0.717) is 52.4 Å². The molecular formula is C28H46N6O10. The number of nitrogens with one attached hydrogen (secondary N) is 2. The summed E-state index contributed by atoms with van der Waals surface area (Å²) >= 11 is 0. The molecule has 0 bridgehead atoms. The Morgan fingerprint density at radius 1 is 0.568 bits per heavy atom. The Hall–Kier alpha value is -3.86. The van der Waals surface area contributed by atoms with Crippen LogP contribution < -0.4 is 10.6 Å². The average molecular weight is 627 g/mol. The minimum atomic E-state index is -1.02. The molecule has 0 atom stereocenters. The molecule has 0 aromatic carbocycles. The van der Waals surface area contributed by atoms with Crippen molar-refractivity contribution in [2.75, 3.05) is 105 Å². The Labute approximate surface area is 257 Å². The number of carbonyl (C=O) groups excluding carboxylic acids is 4. The van der Waals surface area contributed by atoms with E-state index < -0.39 is 23.9 Å². The van der Waals surface area contributed by atoms with Crippen molar-refractivity contribution in [1.82, 2.24) is 30.2 Å². The number of amides is 2. The van der Waals surface area contributed by atoms with Gasteiger partial charge in [0, 0.05) is 63.5 Å². The number of hydrogen-bond acceptors (Lipinski definition) is 12. The molecule has 1 fully saturated rings. The lowest BCUT2D eigenvalue weighted by Crippen LogP contribution is -2.50. The van der Waals surface area contributed by atoms with Crippen molar-refractivity contribution in [2.24, 2.45) is 0 Å². The quantitative estimate of drug-likeness (QED) is 0.0821. The Morgan fingerprint density at radius 2 is 0.841 bits per heavy atom. The van der Waals surface area contributed by atoms with Crippen LogP contribution in [0.3, 0.4) is 0 Å². The molecule has 248 valence electrons. The van der Waals surface area contributed by atoms with Crippen LogP contribution in [0.25, 0.3) is 0 Å². The number of ether oxygens (including phenoxy) is 2. The second-order valence-electron chi connectivity index (χ2n) is 10.4. The first-order chi connectivity index (χ1) is 20.8. The molecule has 1 saturated heterocycles. The maximum Gasteiger partial charge on any atom is 0.333 e. The van der Waals surface area contributed by atoms with Gasteiger partial charge < -0.3 is 30.3 Å². The van der Waals surface area contributed by atoms with Gasteiger partial charge in [-0.2, -0.15) is 0 Å². The summed E-state index contributed by atoms with van der Waals surface area (Å²) in [5.41, 5.74) is 0.496. The van der Waals surface area contributed by atoms with Gasteiger partial charge in [0.15, 0.2) is 0 Å². The molecule has 44 heavy (non-hydrogen) atoms. The number of carbonyl (C=O) groups is 6. The zero-order valence-corrected chi connectivity index (χ0v) is 25.7. The maximum atomic E-state index is 12.6. The fraction of sp³-hybridized carbons (Fsp3) is 0.643. The second kappa shape index (κ2) is 20.9. The molecular weight excluding hydrogens is 580 g/mol. The lowest BCUT2D eigenvalue weighted by Gasteiger charge is -2.33. The van der Waals surface area contributed by atoms with Gasteiger partial charge in [-0.05, 0) is 13.8 Å². The number of nitrogens with zero attached hydrogens (tertiary/aromatic N) is 4. The fourth-order valence-corrected chi connectivity index (χ4v) is 4.03. The number of hydrogen-bond donors (Lipinski definition) is 4. The van der Waals surface area contributed by atoms with Gasteiger partial charge in [-0.15, -0.1) is 0 Å². The van der Waals surface area contributed by atoms with E-state index in [1.54, 1.807) is 9.80 Å². The van der Waals surface area contributed by atoms with Crippen LogP contribution in [0.4, 0.5) is 0 Å². The van der Waals surface area contributed by atoms with Gasteiger partial charge >= 0.3 is 23.9 Å². The summed E-state index contributed by atoms with van der Waals surface area (Å²) in [4.78, 5) is 78.3. The SMILES string of the molecule is C=C(C)C(=O)OCCNC(=O)CN1CCN(CC(=O)O)CCN(CC(=O)NCCOC(=O)C(=C)C)CCN(CC(=O)O)CC1. The topological polar surface area (TPSA) is 198 Å². The average Bonchev–Trinajstić information content (AvgIpc) is 2.93. The molecule has 0 aromatic heterocycles. The molecule has 16 nitrogen and oxygen atoms in total. The lowest BCUT2D eigenvalue weighted by molar-refractivity contribution is -0.140. The maximum absolute atomic E-state index is 12.6. The summed E-state index contributed by atoms with van der Waals surface area (Å²) in [5.74, 6) is -3.81. The first-order valence-electron chi connectivity index (χ1n) is 14.3. The highest BCUT2D eigenvalue weighted by molar-refractivity contribution is 5.87. The highest BCUT2D eigenvalue weighted by Gasteiger charge is 2.21. The summed E-state index contributed by atoms with van der Waals surface area (Å²) in [6, 6.07) is 0. The van der Waals surface area contributed by atoms with E-state index in [0.717, 1.165) is 0 Å². The third-order valence-electron chi connectivity index (χ3n) is 6.39. The molecule has 0 aliphatic carbocycles. The van der Waals surface area contributed by atoms with Gasteiger partial charge in [0.25, 0.3) is 0 Å². The fourth-order valence-electron chi connectivity index (χ4n) is 4.03. The Bertz CT molecular complexity index is 940. The van der Waals surface area contributed by atoms with E-state index in [2.05, 4.69) is 23.8 Å². The van der Waals surface area contributed by atoms with Crippen LogP contribution in [0.1, 0.15) is 13.8 Å². The standard InChI is InChI=1S/C28H46N6O10/c1-21(2)27(41)43-15-5-29-23(35)17-31-7-11-33(19-25(37)38)13-9-32(10-14-34(12-8-31)20-26(39)40)18-24(36)30-6-16-44-28(42)22(3)4/h1,3,5-20H2,2,4H3,(H,29,35)(H,30,36)(H,37,38)(H,39,40). The molecule has 0 aromatic rings. The zero-order chi connectivity index (χ0) is 33.1. The molecule has 0 radical (unpaired) electrons. The summed E-state index contributed by atoms with van der Waals surface area (Å²) in [7, 11) is 0. The Balaban J connectivity index is 2.84. The largest absolute Gasteiger partial charge is 0.480 e. The Morgan fingerprint density at radius 3 is 1.09 bits per heavy atom. The smallest absolute Gasteiger partial charge is 0.333 e. The van der Waals surface area contributed by atoms with E-state index >= 15 is 0 Å². The molecule has 1 aliphatic rings. The van der Waals surface area contributed by atoms with Gasteiger partial charge in [0.1, 0.15) is 13.2 Å². The van der Waals surface area contributed by atoms with Crippen molar-refractivity contribution in [3.05, 3.63) is 24.3 Å². The summed E-state index contributed by atoms with van der Waals surface area (Å²) in [6.45, 7) is 12.2. The monoisotopic (exact) mass is 626 g/mol. The van der Waals surface area contributed by atoms with Crippen molar-refractivity contribution in [2.45, 2.75) is 13.8 Å². The van der Waals surface area contributed by atoms with Crippen LogP contribution in [-0.4, -0.2) is 170 Å². The van der Waals surface area contributed by atoms with Crippen molar-refractivity contribution < 1.29 is 48.5 Å². The zero-order valence-electron chi connectivity index (χ0n) is 25.7. The molecule has 4 N–H and O–H groups in total. The number of rotatable bonds is 16. The van der Waals surface area contributed by atoms with Crippen molar-refractivity contribution in [1.29, 1.82) is 0 Å². The van der Waals surface area contributed by atoms with Crippen LogP contribution in [0.5, 0.6) is 0 Å². The third kappa shape index (κ3) is 17.9. The minimum Gasteiger partial charge on any atom is -0.480 e. The Kier molecular flexibility index (Phi) is 18.2.